The first-order valence-electron chi connectivity index (χ1n) is 4.39. The molecule has 0 spiro atoms. The fourth-order valence-electron chi connectivity index (χ4n) is 1.56. The van der Waals surface area contributed by atoms with Gasteiger partial charge in [0.1, 0.15) is 11.3 Å². The van der Waals surface area contributed by atoms with E-state index < -0.39 is 18.2 Å². The largest absolute Gasteiger partial charge is 0.496 e. The number of fused-ring (bicyclic) bond motifs is 1. The molecule has 0 amide bonds. The van der Waals surface area contributed by atoms with Crippen LogP contribution in [0, 0.1) is 0 Å². The summed E-state index contributed by atoms with van der Waals surface area (Å²) in [6.45, 7) is 0. The maximum Gasteiger partial charge on any atom is 0.345 e. The van der Waals surface area contributed by atoms with E-state index in [1.54, 1.807) is 0 Å². The molecule has 6 nitrogen and oxygen atoms in total. The smallest absolute Gasteiger partial charge is 0.345 e. The summed E-state index contributed by atoms with van der Waals surface area (Å²) in [6, 6.07) is 2.40. The number of aromatic carboxylic acids is 1. The monoisotopic (exact) mass is 224 g/mol. The van der Waals surface area contributed by atoms with E-state index in [0.29, 0.717) is 0 Å². The zero-order valence-electron chi connectivity index (χ0n) is 8.26. The van der Waals surface area contributed by atoms with Crippen LogP contribution < -0.4 is 4.74 Å². The molecule has 0 aliphatic carbocycles. The number of hydrogen-bond acceptors (Lipinski definition) is 5. The summed E-state index contributed by atoms with van der Waals surface area (Å²) in [6.07, 6.45) is -1.43. The molecule has 1 unspecified atom stereocenters. The van der Waals surface area contributed by atoms with Crippen LogP contribution in [0.5, 0.6) is 5.75 Å². The molecule has 0 saturated carbocycles. The van der Waals surface area contributed by atoms with E-state index in [0.717, 1.165) is 0 Å². The molecule has 84 valence electrons. The molecule has 1 aromatic carbocycles. The number of esters is 1. The minimum absolute atomic E-state index is 0.0694. The van der Waals surface area contributed by atoms with Gasteiger partial charge >= 0.3 is 11.9 Å². The molecule has 0 saturated heterocycles. The van der Waals surface area contributed by atoms with Crippen LogP contribution in [0.4, 0.5) is 0 Å². The van der Waals surface area contributed by atoms with Crippen molar-refractivity contribution in [1.29, 1.82) is 0 Å². The van der Waals surface area contributed by atoms with Crippen molar-refractivity contribution in [2.24, 2.45) is 0 Å². The van der Waals surface area contributed by atoms with Gasteiger partial charge < -0.3 is 19.7 Å². The van der Waals surface area contributed by atoms with Crippen LogP contribution in [0.25, 0.3) is 0 Å². The van der Waals surface area contributed by atoms with Gasteiger partial charge in [-0.1, -0.05) is 0 Å². The molecule has 2 N–H and O–H groups in total. The molecule has 1 aliphatic heterocycles. The molecule has 0 bridgehead atoms. The Bertz CT molecular complexity index is 478. The third-order valence-corrected chi connectivity index (χ3v) is 2.29. The standard InChI is InChI=1S/C10H8O6/c1-15-6-3-4(8(11)12)2-5-7(6)10(14)16-9(5)13/h2-3,9,13H,1H3,(H,11,12). The molecule has 6 heteroatoms. The molecule has 16 heavy (non-hydrogen) atoms. The predicted molar refractivity (Wildman–Crippen MR) is 50.3 cm³/mol. The number of aliphatic hydroxyl groups is 1. The molecule has 1 aromatic rings. The lowest BCUT2D eigenvalue weighted by atomic mass is 10.0. The first-order valence-corrected chi connectivity index (χ1v) is 4.39. The first kappa shape index (κ1) is 10.4. The minimum Gasteiger partial charge on any atom is -0.496 e. The van der Waals surface area contributed by atoms with Crippen LogP contribution in [0.3, 0.4) is 0 Å². The summed E-state index contributed by atoms with van der Waals surface area (Å²) in [5.74, 6) is -1.82. The van der Waals surface area contributed by atoms with Crippen molar-refractivity contribution in [2.45, 2.75) is 6.29 Å². The van der Waals surface area contributed by atoms with Crippen molar-refractivity contribution < 1.29 is 29.3 Å². The number of carbonyl (C=O) groups excluding carboxylic acids is 1. The molecule has 0 fully saturated rings. The fourth-order valence-corrected chi connectivity index (χ4v) is 1.56. The summed E-state index contributed by atoms with van der Waals surface area (Å²) in [7, 11) is 1.30. The highest BCUT2D eigenvalue weighted by Crippen LogP contribution is 2.36. The predicted octanol–water partition coefficient (Wildman–Crippen LogP) is 0.555. The van der Waals surface area contributed by atoms with Crippen LogP contribution in [-0.4, -0.2) is 29.3 Å². The Morgan fingerprint density at radius 2 is 2.19 bits per heavy atom. The summed E-state index contributed by atoms with van der Waals surface area (Å²) in [5, 5.41) is 18.2. The second-order valence-corrected chi connectivity index (χ2v) is 3.21. The van der Waals surface area contributed by atoms with E-state index in [1.807, 2.05) is 0 Å². The van der Waals surface area contributed by atoms with Crippen molar-refractivity contribution in [1.82, 2.24) is 0 Å². The number of carbonyl (C=O) groups is 2. The quantitative estimate of drug-likeness (QED) is 0.713. The van der Waals surface area contributed by atoms with Gasteiger partial charge in [-0.3, -0.25) is 0 Å². The lowest BCUT2D eigenvalue weighted by molar-refractivity contribution is -0.0547. The Hall–Kier alpha value is -2.08. The molecule has 1 heterocycles. The van der Waals surface area contributed by atoms with Crippen molar-refractivity contribution in [3.63, 3.8) is 0 Å². The Morgan fingerprint density at radius 1 is 1.50 bits per heavy atom. The summed E-state index contributed by atoms with van der Waals surface area (Å²) >= 11 is 0. The van der Waals surface area contributed by atoms with Crippen LogP contribution in [0.15, 0.2) is 12.1 Å². The van der Waals surface area contributed by atoms with Gasteiger partial charge in [0, 0.05) is 5.56 Å². The Kier molecular flexibility index (Phi) is 2.28. The first-order chi connectivity index (χ1) is 7.54. The molecule has 1 atom stereocenters. The molecule has 2 rings (SSSR count). The number of hydrogen-bond donors (Lipinski definition) is 2. The number of methoxy groups -OCH3 is 1. The number of ether oxygens (including phenoxy) is 2. The highest BCUT2D eigenvalue weighted by atomic mass is 16.6. The molecule has 0 aromatic heterocycles. The topological polar surface area (TPSA) is 93.1 Å². The van der Waals surface area contributed by atoms with Gasteiger partial charge in [0.25, 0.3) is 0 Å². The number of rotatable bonds is 2. The van der Waals surface area contributed by atoms with Gasteiger partial charge in [0.05, 0.1) is 12.7 Å². The highest BCUT2D eigenvalue weighted by Gasteiger charge is 2.34. The zero-order chi connectivity index (χ0) is 11.9. The molecule has 0 radical (unpaired) electrons. The summed E-state index contributed by atoms with van der Waals surface area (Å²) < 4.78 is 9.44. The van der Waals surface area contributed by atoms with E-state index >= 15 is 0 Å². The van der Waals surface area contributed by atoms with E-state index in [1.165, 1.54) is 19.2 Å². The third-order valence-electron chi connectivity index (χ3n) is 2.29. The van der Waals surface area contributed by atoms with E-state index in [-0.39, 0.29) is 22.4 Å². The van der Waals surface area contributed by atoms with Gasteiger partial charge in [-0.2, -0.15) is 0 Å². The maximum absolute atomic E-state index is 11.3. The second-order valence-electron chi connectivity index (χ2n) is 3.21. The van der Waals surface area contributed by atoms with Gasteiger partial charge in [-0.15, -0.1) is 0 Å². The van der Waals surface area contributed by atoms with Gasteiger partial charge in [0.2, 0.25) is 6.29 Å². The summed E-state index contributed by atoms with van der Waals surface area (Å²) in [5.41, 5.74) is 0.106. The minimum atomic E-state index is -1.43. The number of cyclic esters (lactones) is 1. The maximum atomic E-state index is 11.3. The SMILES string of the molecule is COc1cc(C(=O)O)cc2c1C(=O)OC2O. The van der Waals surface area contributed by atoms with Crippen molar-refractivity contribution in [3.8, 4) is 5.75 Å². The van der Waals surface area contributed by atoms with Crippen molar-refractivity contribution >= 4 is 11.9 Å². The lowest BCUT2D eigenvalue weighted by Gasteiger charge is -2.06. The van der Waals surface area contributed by atoms with Crippen LogP contribution >= 0.6 is 0 Å². The number of carboxylic acids is 1. The van der Waals surface area contributed by atoms with Gasteiger partial charge in [-0.05, 0) is 12.1 Å². The van der Waals surface area contributed by atoms with E-state index in [9.17, 15) is 14.7 Å². The Morgan fingerprint density at radius 3 is 2.75 bits per heavy atom. The van der Waals surface area contributed by atoms with Crippen LogP contribution in [0.2, 0.25) is 0 Å². The molecular weight excluding hydrogens is 216 g/mol. The Labute approximate surface area is 90.0 Å². The molecular formula is C10H8O6. The van der Waals surface area contributed by atoms with Gasteiger partial charge in [0.15, 0.2) is 0 Å². The third kappa shape index (κ3) is 1.40. The van der Waals surface area contributed by atoms with E-state index in [4.69, 9.17) is 9.84 Å². The highest BCUT2D eigenvalue weighted by molar-refractivity contribution is 5.99. The van der Waals surface area contributed by atoms with Crippen LogP contribution in [-0.2, 0) is 4.74 Å². The zero-order valence-corrected chi connectivity index (χ0v) is 8.26. The number of benzene rings is 1. The van der Waals surface area contributed by atoms with Crippen LogP contribution in [0.1, 0.15) is 32.6 Å². The number of carboxylic acid groups (broad SMARTS) is 1. The average molecular weight is 224 g/mol. The molecule has 1 aliphatic rings. The van der Waals surface area contributed by atoms with Crippen molar-refractivity contribution in [2.75, 3.05) is 7.11 Å². The fraction of sp³-hybridized carbons (Fsp3) is 0.200. The number of aliphatic hydroxyl groups excluding tert-OH is 1. The lowest BCUT2D eigenvalue weighted by Crippen LogP contribution is -2.03. The van der Waals surface area contributed by atoms with E-state index in [2.05, 4.69) is 4.74 Å². The summed E-state index contributed by atoms with van der Waals surface area (Å²) in [4.78, 5) is 22.1. The van der Waals surface area contributed by atoms with Crippen molar-refractivity contribution in [3.05, 3.63) is 28.8 Å². The Balaban J connectivity index is 2.67. The van der Waals surface area contributed by atoms with Gasteiger partial charge in [-0.25, -0.2) is 9.59 Å². The normalized spacial score (nSPS) is 17.9. The second kappa shape index (κ2) is 3.49. The average Bonchev–Trinajstić information content (AvgIpc) is 2.53.